The molecule has 0 saturated carbocycles. The number of rotatable bonds is 4. The molecule has 0 N–H and O–H groups in total. The molecule has 0 aliphatic carbocycles. The van der Waals surface area contributed by atoms with Gasteiger partial charge in [-0.1, -0.05) is 49.9 Å². The first kappa shape index (κ1) is 14.2. The van der Waals surface area contributed by atoms with Crippen LogP contribution in [0.2, 0.25) is 0 Å². The van der Waals surface area contributed by atoms with Crippen LogP contribution in [0.15, 0.2) is 46.2 Å². The topological polar surface area (TPSA) is 0 Å². The van der Waals surface area contributed by atoms with Crippen LogP contribution in [0, 0.1) is 13.8 Å². The second kappa shape index (κ2) is 6.29. The largest absolute Gasteiger partial charge is 0.0895 e. The molecule has 0 aromatic heterocycles. The Hall–Kier alpha value is -1.21. The number of hydrogen-bond acceptors (Lipinski definition) is 1. The Morgan fingerprint density at radius 1 is 0.737 bits per heavy atom. The van der Waals surface area contributed by atoms with E-state index >= 15 is 0 Å². The fraction of sp³-hybridized carbons (Fsp3) is 0.333. The molecule has 0 aliphatic heterocycles. The molecule has 100 valence electrons. The van der Waals surface area contributed by atoms with E-state index in [0.717, 1.165) is 12.8 Å². The smallest absolute Gasteiger partial charge is 0.0157 e. The summed E-state index contributed by atoms with van der Waals surface area (Å²) in [5.74, 6) is 0. The molecule has 0 bridgehead atoms. The van der Waals surface area contributed by atoms with Gasteiger partial charge in [-0.2, -0.15) is 0 Å². The zero-order valence-corrected chi connectivity index (χ0v) is 13.1. The highest BCUT2D eigenvalue weighted by Gasteiger charge is 2.09. The van der Waals surface area contributed by atoms with E-state index in [-0.39, 0.29) is 0 Å². The highest BCUT2D eigenvalue weighted by molar-refractivity contribution is 7.99. The second-order valence-corrected chi connectivity index (χ2v) is 6.00. The van der Waals surface area contributed by atoms with Gasteiger partial charge >= 0.3 is 0 Å². The van der Waals surface area contributed by atoms with Crippen molar-refractivity contribution in [3.63, 3.8) is 0 Å². The summed E-state index contributed by atoms with van der Waals surface area (Å²) in [5, 5.41) is 0. The highest BCUT2D eigenvalue weighted by Crippen LogP contribution is 2.35. The molecule has 0 aliphatic rings. The fourth-order valence-electron chi connectivity index (χ4n) is 2.57. The van der Waals surface area contributed by atoms with Crippen LogP contribution in [0.5, 0.6) is 0 Å². The van der Waals surface area contributed by atoms with Crippen molar-refractivity contribution < 1.29 is 0 Å². The molecule has 0 radical (unpaired) electrons. The van der Waals surface area contributed by atoms with E-state index < -0.39 is 0 Å². The van der Waals surface area contributed by atoms with Crippen LogP contribution in [0.4, 0.5) is 0 Å². The first-order valence-corrected chi connectivity index (χ1v) is 7.83. The molecule has 2 rings (SSSR count). The summed E-state index contributed by atoms with van der Waals surface area (Å²) in [4.78, 5) is 2.81. The Balaban J connectivity index is 2.42. The lowest BCUT2D eigenvalue weighted by Gasteiger charge is -2.14. The summed E-state index contributed by atoms with van der Waals surface area (Å²) in [6.07, 6.45) is 2.20. The second-order valence-electron chi connectivity index (χ2n) is 4.91. The fourth-order valence-corrected chi connectivity index (χ4v) is 3.95. The minimum atomic E-state index is 1.10. The summed E-state index contributed by atoms with van der Waals surface area (Å²) in [5.41, 5.74) is 5.77. The molecule has 1 heteroatoms. The molecule has 0 spiro atoms. The average molecular weight is 270 g/mol. The summed E-state index contributed by atoms with van der Waals surface area (Å²) >= 11 is 1.92. The minimum Gasteiger partial charge on any atom is -0.0895 e. The van der Waals surface area contributed by atoms with Crippen molar-refractivity contribution in [1.82, 2.24) is 0 Å². The average Bonchev–Trinajstić information content (AvgIpc) is 2.39. The lowest BCUT2D eigenvalue weighted by molar-refractivity contribution is 1.04. The zero-order chi connectivity index (χ0) is 13.8. The molecular formula is C18H22S. The Bertz CT molecular complexity index is 518. The summed E-state index contributed by atoms with van der Waals surface area (Å²) in [6, 6.07) is 13.2. The molecule has 2 aromatic carbocycles. The Morgan fingerprint density at radius 2 is 1.16 bits per heavy atom. The van der Waals surface area contributed by atoms with E-state index in [1.807, 2.05) is 11.8 Å². The van der Waals surface area contributed by atoms with Crippen molar-refractivity contribution in [3.05, 3.63) is 58.7 Å². The van der Waals surface area contributed by atoms with Gasteiger partial charge in [0.05, 0.1) is 0 Å². The third kappa shape index (κ3) is 3.03. The van der Waals surface area contributed by atoms with E-state index in [9.17, 15) is 0 Å². The minimum absolute atomic E-state index is 1.10. The van der Waals surface area contributed by atoms with Crippen molar-refractivity contribution >= 4 is 11.8 Å². The molecule has 0 fully saturated rings. The quantitative estimate of drug-likeness (QED) is 0.699. The molecule has 0 heterocycles. The predicted octanol–water partition coefficient (Wildman–Crippen LogP) is 5.58. The van der Waals surface area contributed by atoms with Gasteiger partial charge in [-0.15, -0.1) is 0 Å². The third-order valence-corrected chi connectivity index (χ3v) is 4.87. The summed E-state index contributed by atoms with van der Waals surface area (Å²) < 4.78 is 0. The maximum Gasteiger partial charge on any atom is 0.0157 e. The Labute approximate surface area is 121 Å². The summed E-state index contributed by atoms with van der Waals surface area (Å²) in [6.45, 7) is 8.90. The Morgan fingerprint density at radius 3 is 1.53 bits per heavy atom. The zero-order valence-electron chi connectivity index (χ0n) is 12.3. The van der Waals surface area contributed by atoms with Gasteiger partial charge in [-0.3, -0.25) is 0 Å². The number of aryl methyl sites for hydroxylation is 2. The van der Waals surface area contributed by atoms with Gasteiger partial charge in [-0.25, -0.2) is 0 Å². The van der Waals surface area contributed by atoms with Crippen molar-refractivity contribution in [2.45, 2.75) is 50.3 Å². The van der Waals surface area contributed by atoms with Crippen molar-refractivity contribution in [3.8, 4) is 0 Å². The number of hydrogen-bond donors (Lipinski definition) is 0. The van der Waals surface area contributed by atoms with Crippen LogP contribution in [-0.4, -0.2) is 0 Å². The molecule has 19 heavy (non-hydrogen) atoms. The highest BCUT2D eigenvalue weighted by atomic mass is 32.2. The maximum atomic E-state index is 2.25. The lowest BCUT2D eigenvalue weighted by Crippen LogP contribution is -1.93. The standard InChI is InChI=1S/C18H22S/c1-5-15-13(3)9-7-11-17(15)19-18-12-8-10-14(4)16(18)6-2/h7-12H,5-6H2,1-4H3. The third-order valence-electron chi connectivity index (χ3n) is 3.66. The van der Waals surface area contributed by atoms with Crippen LogP contribution in [0.1, 0.15) is 36.1 Å². The lowest BCUT2D eigenvalue weighted by atomic mass is 10.1. The van der Waals surface area contributed by atoms with Gasteiger partial charge in [0, 0.05) is 9.79 Å². The van der Waals surface area contributed by atoms with Gasteiger partial charge < -0.3 is 0 Å². The molecule has 0 saturated heterocycles. The van der Waals surface area contributed by atoms with E-state index in [0.29, 0.717) is 0 Å². The van der Waals surface area contributed by atoms with Gasteiger partial charge in [0.1, 0.15) is 0 Å². The number of benzene rings is 2. The normalized spacial score (nSPS) is 10.7. The SMILES string of the molecule is CCc1c(C)cccc1Sc1cccc(C)c1CC. The maximum absolute atomic E-state index is 2.25. The van der Waals surface area contributed by atoms with Gasteiger partial charge in [0.2, 0.25) is 0 Å². The predicted molar refractivity (Wildman–Crippen MR) is 85.2 cm³/mol. The summed E-state index contributed by atoms with van der Waals surface area (Å²) in [7, 11) is 0. The molecular weight excluding hydrogens is 248 g/mol. The van der Waals surface area contributed by atoms with Gasteiger partial charge in [-0.05, 0) is 61.1 Å². The molecule has 0 amide bonds. The Kier molecular flexibility index (Phi) is 4.71. The van der Waals surface area contributed by atoms with E-state index in [1.54, 1.807) is 0 Å². The van der Waals surface area contributed by atoms with Crippen LogP contribution in [0.25, 0.3) is 0 Å². The first-order valence-electron chi connectivity index (χ1n) is 7.02. The van der Waals surface area contributed by atoms with Crippen LogP contribution < -0.4 is 0 Å². The van der Waals surface area contributed by atoms with E-state index in [4.69, 9.17) is 0 Å². The molecule has 0 atom stereocenters. The molecule has 0 nitrogen and oxygen atoms in total. The van der Waals surface area contributed by atoms with Crippen LogP contribution >= 0.6 is 11.8 Å². The first-order chi connectivity index (χ1) is 9.17. The van der Waals surface area contributed by atoms with Gasteiger partial charge in [0.25, 0.3) is 0 Å². The van der Waals surface area contributed by atoms with E-state index in [1.165, 1.54) is 32.0 Å². The van der Waals surface area contributed by atoms with Crippen molar-refractivity contribution in [2.24, 2.45) is 0 Å². The molecule has 2 aromatic rings. The van der Waals surface area contributed by atoms with Crippen molar-refractivity contribution in [1.29, 1.82) is 0 Å². The van der Waals surface area contributed by atoms with Crippen LogP contribution in [-0.2, 0) is 12.8 Å². The molecule has 0 unspecified atom stereocenters. The monoisotopic (exact) mass is 270 g/mol. The van der Waals surface area contributed by atoms with Crippen molar-refractivity contribution in [2.75, 3.05) is 0 Å². The van der Waals surface area contributed by atoms with Gasteiger partial charge in [0.15, 0.2) is 0 Å². The van der Waals surface area contributed by atoms with Crippen LogP contribution in [0.3, 0.4) is 0 Å². The van der Waals surface area contributed by atoms with E-state index in [2.05, 4.69) is 64.1 Å².